The highest BCUT2D eigenvalue weighted by Gasteiger charge is 2.15. The van der Waals surface area contributed by atoms with Gasteiger partial charge < -0.3 is 5.11 Å². The smallest absolute Gasteiger partial charge is 0.276 e. The number of hydrogen-bond acceptors (Lipinski definition) is 4. The minimum Gasteiger partial charge on any atom is -0.507 e. The number of nitrogens with zero attached hydrogens (tertiary/aromatic N) is 1. The molecule has 2 aromatic rings. The van der Waals surface area contributed by atoms with Crippen molar-refractivity contribution in [3.8, 4) is 5.75 Å². The lowest BCUT2D eigenvalue weighted by Gasteiger charge is -2.11. The SMILES string of the molecule is CCCC/C(=N/NS(=O)(=O)c1ccccc1)c1cc(Cl)c(C)cc1O. The predicted molar refractivity (Wildman–Crippen MR) is 101 cm³/mol. The quantitative estimate of drug-likeness (QED) is 0.557. The molecule has 0 atom stereocenters. The molecular weight excluding hydrogens is 360 g/mol. The zero-order valence-corrected chi connectivity index (χ0v) is 15.7. The third kappa shape index (κ3) is 4.96. The molecular formula is C18H21ClN2O3S. The van der Waals surface area contributed by atoms with E-state index < -0.39 is 10.0 Å². The molecule has 25 heavy (non-hydrogen) atoms. The minimum atomic E-state index is -3.77. The van der Waals surface area contributed by atoms with Crippen LogP contribution in [0.2, 0.25) is 5.02 Å². The number of unbranched alkanes of at least 4 members (excludes halogenated alkanes) is 1. The van der Waals surface area contributed by atoms with Crippen molar-refractivity contribution in [1.29, 1.82) is 0 Å². The second kappa shape index (κ2) is 8.36. The van der Waals surface area contributed by atoms with Gasteiger partial charge in [0.25, 0.3) is 10.0 Å². The van der Waals surface area contributed by atoms with Crippen LogP contribution in [-0.2, 0) is 10.0 Å². The van der Waals surface area contributed by atoms with Crippen molar-refractivity contribution in [3.05, 3.63) is 58.6 Å². The summed E-state index contributed by atoms with van der Waals surface area (Å²) in [6.07, 6.45) is 2.22. The van der Waals surface area contributed by atoms with Gasteiger partial charge in [0, 0.05) is 10.6 Å². The van der Waals surface area contributed by atoms with E-state index in [0.717, 1.165) is 18.4 Å². The van der Waals surface area contributed by atoms with Crippen LogP contribution >= 0.6 is 11.6 Å². The summed E-state index contributed by atoms with van der Waals surface area (Å²) in [5.41, 5.74) is 1.61. The molecule has 0 aliphatic heterocycles. The van der Waals surface area contributed by atoms with Crippen LogP contribution in [0, 0.1) is 6.92 Å². The first kappa shape index (κ1) is 19.3. The van der Waals surface area contributed by atoms with Crippen molar-refractivity contribution in [2.24, 2.45) is 5.10 Å². The lowest BCUT2D eigenvalue weighted by atomic mass is 10.0. The molecule has 0 aliphatic carbocycles. The monoisotopic (exact) mass is 380 g/mol. The zero-order chi connectivity index (χ0) is 18.4. The van der Waals surface area contributed by atoms with Crippen LogP contribution in [-0.4, -0.2) is 19.2 Å². The fourth-order valence-corrected chi connectivity index (χ4v) is 3.27. The summed E-state index contributed by atoms with van der Waals surface area (Å²) >= 11 is 6.15. The first-order valence-corrected chi connectivity index (χ1v) is 9.84. The second-order valence-electron chi connectivity index (χ2n) is 5.69. The summed E-state index contributed by atoms with van der Waals surface area (Å²) in [7, 11) is -3.77. The van der Waals surface area contributed by atoms with Crippen molar-refractivity contribution < 1.29 is 13.5 Å². The molecule has 0 aromatic heterocycles. The fraction of sp³-hybridized carbons (Fsp3) is 0.278. The van der Waals surface area contributed by atoms with Gasteiger partial charge in [-0.1, -0.05) is 43.1 Å². The molecule has 0 saturated carbocycles. The zero-order valence-electron chi connectivity index (χ0n) is 14.2. The van der Waals surface area contributed by atoms with Gasteiger partial charge in [-0.15, -0.1) is 0 Å². The van der Waals surface area contributed by atoms with Gasteiger partial charge in [-0.25, -0.2) is 0 Å². The number of hydrazone groups is 1. The second-order valence-corrected chi connectivity index (χ2v) is 7.76. The number of sulfonamides is 1. The minimum absolute atomic E-state index is 0.0238. The van der Waals surface area contributed by atoms with Crippen LogP contribution in [0.5, 0.6) is 5.75 Å². The van der Waals surface area contributed by atoms with Crippen molar-refractivity contribution in [2.75, 3.05) is 0 Å². The third-order valence-electron chi connectivity index (χ3n) is 3.71. The fourth-order valence-electron chi connectivity index (χ4n) is 2.26. The van der Waals surface area contributed by atoms with Crippen molar-refractivity contribution in [2.45, 2.75) is 38.0 Å². The van der Waals surface area contributed by atoms with E-state index in [2.05, 4.69) is 9.93 Å². The maximum Gasteiger partial charge on any atom is 0.276 e. The Balaban J connectivity index is 2.38. The van der Waals surface area contributed by atoms with E-state index in [4.69, 9.17) is 11.6 Å². The standard InChI is InChI=1S/C18H21ClN2O3S/c1-3-4-10-17(15-12-16(19)13(2)11-18(15)22)20-21-25(23,24)14-8-6-5-7-9-14/h5-9,11-12,21-22H,3-4,10H2,1-2H3/b20-17-. The molecule has 2 N–H and O–H groups in total. The Kier molecular flexibility index (Phi) is 6.45. The number of benzene rings is 2. The van der Waals surface area contributed by atoms with Crippen molar-refractivity contribution >= 4 is 27.3 Å². The van der Waals surface area contributed by atoms with E-state index >= 15 is 0 Å². The van der Waals surface area contributed by atoms with Gasteiger partial charge in [0.1, 0.15) is 5.75 Å². The maximum atomic E-state index is 12.3. The Labute approximate surface area is 153 Å². The largest absolute Gasteiger partial charge is 0.507 e. The van der Waals surface area contributed by atoms with Gasteiger partial charge in [-0.05, 0) is 49.6 Å². The molecule has 5 nitrogen and oxygen atoms in total. The number of rotatable bonds is 7. The summed E-state index contributed by atoms with van der Waals surface area (Å²) < 4.78 is 24.7. The number of phenols is 1. The molecule has 0 spiro atoms. The van der Waals surface area contributed by atoms with Gasteiger partial charge in [0.2, 0.25) is 0 Å². The highest BCUT2D eigenvalue weighted by atomic mass is 35.5. The van der Waals surface area contributed by atoms with Crippen LogP contribution in [0.1, 0.15) is 37.3 Å². The highest BCUT2D eigenvalue weighted by Crippen LogP contribution is 2.27. The van der Waals surface area contributed by atoms with Crippen molar-refractivity contribution in [3.63, 3.8) is 0 Å². The number of phenolic OH excluding ortho intramolecular Hbond substituents is 1. The summed E-state index contributed by atoms with van der Waals surface area (Å²) in [6, 6.07) is 11.2. The van der Waals surface area contributed by atoms with Gasteiger partial charge in [-0.3, -0.25) is 0 Å². The van der Waals surface area contributed by atoms with E-state index in [1.807, 2.05) is 6.92 Å². The van der Waals surface area contributed by atoms with Gasteiger partial charge in [0.15, 0.2) is 0 Å². The van der Waals surface area contributed by atoms with Crippen LogP contribution in [0.25, 0.3) is 0 Å². The van der Waals surface area contributed by atoms with Crippen LogP contribution in [0.15, 0.2) is 52.5 Å². The first-order chi connectivity index (χ1) is 11.8. The number of hydrogen-bond donors (Lipinski definition) is 2. The highest BCUT2D eigenvalue weighted by molar-refractivity contribution is 7.89. The molecule has 0 aliphatic rings. The normalized spacial score (nSPS) is 12.2. The Morgan fingerprint density at radius 3 is 2.56 bits per heavy atom. The Morgan fingerprint density at radius 2 is 1.92 bits per heavy atom. The average molecular weight is 381 g/mol. The lowest BCUT2D eigenvalue weighted by molar-refractivity contribution is 0.473. The summed E-state index contributed by atoms with van der Waals surface area (Å²) in [4.78, 5) is 2.37. The predicted octanol–water partition coefficient (Wildman–Crippen LogP) is 4.23. The summed E-state index contributed by atoms with van der Waals surface area (Å²) in [5, 5.41) is 14.8. The molecule has 0 heterocycles. The summed E-state index contributed by atoms with van der Waals surface area (Å²) in [6.45, 7) is 3.81. The molecule has 7 heteroatoms. The van der Waals surface area contributed by atoms with E-state index in [-0.39, 0.29) is 10.6 Å². The number of aryl methyl sites for hydroxylation is 1. The number of nitrogens with one attached hydrogen (secondary N) is 1. The average Bonchev–Trinajstić information content (AvgIpc) is 2.59. The van der Waals surface area contributed by atoms with Crippen LogP contribution in [0.3, 0.4) is 0 Å². The maximum absolute atomic E-state index is 12.3. The molecule has 134 valence electrons. The van der Waals surface area contributed by atoms with Crippen LogP contribution < -0.4 is 4.83 Å². The Bertz CT molecular complexity index is 865. The van der Waals surface area contributed by atoms with E-state index in [1.165, 1.54) is 12.1 Å². The molecule has 0 radical (unpaired) electrons. The van der Waals surface area contributed by atoms with E-state index in [0.29, 0.717) is 22.7 Å². The van der Waals surface area contributed by atoms with Gasteiger partial charge in [0.05, 0.1) is 10.6 Å². The Hall–Kier alpha value is -2.05. The molecule has 0 amide bonds. The summed E-state index contributed by atoms with van der Waals surface area (Å²) in [5.74, 6) is 0.0238. The van der Waals surface area contributed by atoms with E-state index in [1.54, 1.807) is 37.3 Å². The number of halogens is 1. The van der Waals surface area contributed by atoms with E-state index in [9.17, 15) is 13.5 Å². The topological polar surface area (TPSA) is 78.8 Å². The molecule has 2 aromatic carbocycles. The van der Waals surface area contributed by atoms with Crippen molar-refractivity contribution in [1.82, 2.24) is 4.83 Å². The lowest BCUT2D eigenvalue weighted by Crippen LogP contribution is -2.20. The van der Waals surface area contributed by atoms with Crippen LogP contribution in [0.4, 0.5) is 0 Å². The Morgan fingerprint density at radius 1 is 1.24 bits per heavy atom. The third-order valence-corrected chi connectivity index (χ3v) is 5.34. The number of aromatic hydroxyl groups is 1. The molecule has 2 rings (SSSR count). The van der Waals surface area contributed by atoms with Gasteiger partial charge >= 0.3 is 0 Å². The molecule has 0 bridgehead atoms. The first-order valence-electron chi connectivity index (χ1n) is 7.98. The molecule has 0 unspecified atom stereocenters. The van der Waals surface area contributed by atoms with Gasteiger partial charge in [-0.2, -0.15) is 18.4 Å². The molecule has 0 saturated heterocycles. The molecule has 0 fully saturated rings.